The van der Waals surface area contributed by atoms with Crippen LogP contribution in [0.15, 0.2) is 41.0 Å². The molecular formula is C13H10BrClN2O2. The number of nitrogens with zero attached hydrogens (tertiary/aromatic N) is 1. The number of carbonyl (C=O) groups is 1. The molecule has 1 heterocycles. The number of rotatable bonds is 3. The summed E-state index contributed by atoms with van der Waals surface area (Å²) < 4.78 is 5.98. The number of anilines is 1. The maximum absolute atomic E-state index is 12.0. The maximum atomic E-state index is 12.0. The molecule has 0 aliphatic heterocycles. The van der Waals surface area contributed by atoms with Gasteiger partial charge >= 0.3 is 0 Å². The SMILES string of the molecule is COc1cc(NC(=O)c2ccc(Cl)nc2)ccc1Br. The summed E-state index contributed by atoms with van der Waals surface area (Å²) in [4.78, 5) is 15.8. The van der Waals surface area contributed by atoms with Crippen molar-refractivity contribution in [1.82, 2.24) is 4.98 Å². The lowest BCUT2D eigenvalue weighted by Crippen LogP contribution is -2.12. The molecule has 0 unspecified atom stereocenters. The highest BCUT2D eigenvalue weighted by atomic mass is 79.9. The third-order valence-electron chi connectivity index (χ3n) is 2.40. The van der Waals surface area contributed by atoms with E-state index in [1.54, 1.807) is 37.4 Å². The Morgan fingerprint density at radius 1 is 1.37 bits per heavy atom. The van der Waals surface area contributed by atoms with Crippen LogP contribution < -0.4 is 10.1 Å². The quantitative estimate of drug-likeness (QED) is 0.865. The van der Waals surface area contributed by atoms with E-state index >= 15 is 0 Å². The lowest BCUT2D eigenvalue weighted by molar-refractivity contribution is 0.102. The van der Waals surface area contributed by atoms with E-state index in [2.05, 4.69) is 26.2 Å². The van der Waals surface area contributed by atoms with Crippen molar-refractivity contribution in [2.24, 2.45) is 0 Å². The number of methoxy groups -OCH3 is 1. The first-order chi connectivity index (χ1) is 9.10. The average Bonchev–Trinajstić information content (AvgIpc) is 2.41. The first-order valence-corrected chi connectivity index (χ1v) is 6.53. The van der Waals surface area contributed by atoms with Crippen molar-refractivity contribution < 1.29 is 9.53 Å². The second-order valence-corrected chi connectivity index (χ2v) is 4.91. The molecule has 1 N–H and O–H groups in total. The van der Waals surface area contributed by atoms with Gasteiger partial charge in [0.05, 0.1) is 17.1 Å². The van der Waals surface area contributed by atoms with E-state index in [0.717, 1.165) is 4.47 Å². The summed E-state index contributed by atoms with van der Waals surface area (Å²) in [5.41, 5.74) is 1.08. The highest BCUT2D eigenvalue weighted by Crippen LogP contribution is 2.28. The summed E-state index contributed by atoms with van der Waals surface area (Å²) in [6, 6.07) is 8.48. The second kappa shape index (κ2) is 6.04. The Labute approximate surface area is 123 Å². The van der Waals surface area contributed by atoms with Gasteiger partial charge in [0, 0.05) is 18.0 Å². The topological polar surface area (TPSA) is 51.2 Å². The summed E-state index contributed by atoms with van der Waals surface area (Å²) in [5.74, 6) is 0.389. The van der Waals surface area contributed by atoms with E-state index in [1.165, 1.54) is 6.20 Å². The Morgan fingerprint density at radius 3 is 2.79 bits per heavy atom. The summed E-state index contributed by atoms with van der Waals surface area (Å²) >= 11 is 9.02. The summed E-state index contributed by atoms with van der Waals surface area (Å²) in [6.45, 7) is 0. The smallest absolute Gasteiger partial charge is 0.257 e. The Hall–Kier alpha value is -1.59. The molecule has 2 rings (SSSR count). The molecule has 4 nitrogen and oxygen atoms in total. The standard InChI is InChI=1S/C13H10BrClN2O2/c1-19-11-6-9(3-4-10(11)14)17-13(18)8-2-5-12(15)16-7-8/h2-7H,1H3,(H,17,18). The van der Waals surface area contributed by atoms with E-state index < -0.39 is 0 Å². The van der Waals surface area contributed by atoms with Gasteiger partial charge in [-0.25, -0.2) is 4.98 Å². The van der Waals surface area contributed by atoms with Crippen LogP contribution >= 0.6 is 27.5 Å². The molecule has 0 atom stereocenters. The number of ether oxygens (including phenoxy) is 1. The zero-order chi connectivity index (χ0) is 13.8. The van der Waals surface area contributed by atoms with Crippen molar-refractivity contribution in [2.75, 3.05) is 12.4 Å². The van der Waals surface area contributed by atoms with Gasteiger partial charge in [-0.15, -0.1) is 0 Å². The van der Waals surface area contributed by atoms with Crippen LogP contribution in [0.1, 0.15) is 10.4 Å². The van der Waals surface area contributed by atoms with Gasteiger partial charge in [-0.3, -0.25) is 4.79 Å². The molecule has 0 aliphatic carbocycles. The highest BCUT2D eigenvalue weighted by Gasteiger charge is 2.08. The number of aromatic nitrogens is 1. The number of nitrogens with one attached hydrogen (secondary N) is 1. The first kappa shape index (κ1) is 13.8. The van der Waals surface area contributed by atoms with Gasteiger partial charge in [-0.2, -0.15) is 0 Å². The van der Waals surface area contributed by atoms with Gasteiger partial charge in [0.1, 0.15) is 10.9 Å². The van der Waals surface area contributed by atoms with Crippen molar-refractivity contribution >= 4 is 39.1 Å². The van der Waals surface area contributed by atoms with E-state index in [1.807, 2.05) is 0 Å². The summed E-state index contributed by atoms with van der Waals surface area (Å²) in [5, 5.41) is 3.11. The van der Waals surface area contributed by atoms with Crippen molar-refractivity contribution in [3.8, 4) is 5.75 Å². The van der Waals surface area contributed by atoms with E-state index in [4.69, 9.17) is 16.3 Å². The van der Waals surface area contributed by atoms with Crippen LogP contribution in [0.25, 0.3) is 0 Å². The molecule has 1 aromatic carbocycles. The average molecular weight is 342 g/mol. The van der Waals surface area contributed by atoms with Crippen LogP contribution in [0.2, 0.25) is 5.15 Å². The molecule has 2 aromatic rings. The van der Waals surface area contributed by atoms with Gasteiger partial charge in [0.15, 0.2) is 0 Å². The number of amides is 1. The molecule has 0 radical (unpaired) electrons. The minimum atomic E-state index is -0.256. The fourth-order valence-electron chi connectivity index (χ4n) is 1.45. The van der Waals surface area contributed by atoms with Crippen LogP contribution in [0.5, 0.6) is 5.75 Å². The van der Waals surface area contributed by atoms with Gasteiger partial charge in [-0.05, 0) is 40.2 Å². The highest BCUT2D eigenvalue weighted by molar-refractivity contribution is 9.10. The van der Waals surface area contributed by atoms with Crippen molar-refractivity contribution in [1.29, 1.82) is 0 Å². The maximum Gasteiger partial charge on any atom is 0.257 e. The monoisotopic (exact) mass is 340 g/mol. The third kappa shape index (κ3) is 3.45. The lowest BCUT2D eigenvalue weighted by Gasteiger charge is -2.08. The molecule has 1 amide bonds. The van der Waals surface area contributed by atoms with Crippen LogP contribution in [-0.4, -0.2) is 18.0 Å². The van der Waals surface area contributed by atoms with Crippen molar-refractivity contribution in [2.45, 2.75) is 0 Å². The Bertz CT molecular complexity index is 602. The van der Waals surface area contributed by atoms with Gasteiger partial charge in [0.2, 0.25) is 0 Å². The second-order valence-electron chi connectivity index (χ2n) is 3.67. The normalized spacial score (nSPS) is 10.1. The molecule has 1 aromatic heterocycles. The first-order valence-electron chi connectivity index (χ1n) is 5.36. The molecular weight excluding hydrogens is 332 g/mol. The molecule has 98 valence electrons. The van der Waals surface area contributed by atoms with Crippen LogP contribution in [-0.2, 0) is 0 Å². The predicted octanol–water partition coefficient (Wildman–Crippen LogP) is 3.76. The number of hydrogen-bond acceptors (Lipinski definition) is 3. The molecule has 19 heavy (non-hydrogen) atoms. The van der Waals surface area contributed by atoms with Crippen molar-refractivity contribution in [3.63, 3.8) is 0 Å². The largest absolute Gasteiger partial charge is 0.495 e. The Kier molecular flexibility index (Phi) is 4.39. The number of hydrogen-bond donors (Lipinski definition) is 1. The molecule has 0 fully saturated rings. The molecule has 6 heteroatoms. The van der Waals surface area contributed by atoms with Crippen molar-refractivity contribution in [3.05, 3.63) is 51.7 Å². The number of pyridine rings is 1. The number of carbonyl (C=O) groups excluding carboxylic acids is 1. The number of benzene rings is 1. The van der Waals surface area contributed by atoms with Gasteiger partial charge in [-0.1, -0.05) is 11.6 Å². The summed E-state index contributed by atoms with van der Waals surface area (Å²) in [6.07, 6.45) is 1.42. The molecule has 0 bridgehead atoms. The minimum Gasteiger partial charge on any atom is -0.495 e. The van der Waals surface area contributed by atoms with E-state index in [0.29, 0.717) is 22.2 Å². The lowest BCUT2D eigenvalue weighted by atomic mass is 10.2. The molecule has 0 saturated heterocycles. The fraction of sp³-hybridized carbons (Fsp3) is 0.0769. The van der Waals surface area contributed by atoms with Crippen LogP contribution in [0.4, 0.5) is 5.69 Å². The Morgan fingerprint density at radius 2 is 2.16 bits per heavy atom. The van der Waals surface area contributed by atoms with Gasteiger partial charge < -0.3 is 10.1 Å². The van der Waals surface area contributed by atoms with Gasteiger partial charge in [0.25, 0.3) is 5.91 Å². The molecule has 0 aliphatic rings. The molecule has 0 spiro atoms. The predicted molar refractivity (Wildman–Crippen MR) is 77.9 cm³/mol. The Balaban J connectivity index is 2.17. The zero-order valence-corrected chi connectivity index (χ0v) is 12.3. The minimum absolute atomic E-state index is 0.256. The zero-order valence-electron chi connectivity index (χ0n) is 9.98. The van der Waals surface area contributed by atoms with Crippen LogP contribution in [0.3, 0.4) is 0 Å². The van der Waals surface area contributed by atoms with E-state index in [9.17, 15) is 4.79 Å². The fourth-order valence-corrected chi connectivity index (χ4v) is 1.97. The van der Waals surface area contributed by atoms with Crippen LogP contribution in [0, 0.1) is 0 Å². The number of halogens is 2. The third-order valence-corrected chi connectivity index (χ3v) is 3.28. The summed E-state index contributed by atoms with van der Waals surface area (Å²) in [7, 11) is 1.56. The molecule has 0 saturated carbocycles. The van der Waals surface area contributed by atoms with E-state index in [-0.39, 0.29) is 5.91 Å².